The van der Waals surface area contributed by atoms with Gasteiger partial charge in [-0.15, -0.1) is 0 Å². The molecule has 234 valence electrons. The van der Waals surface area contributed by atoms with E-state index in [2.05, 4.69) is 16.0 Å². The van der Waals surface area contributed by atoms with Crippen molar-refractivity contribution in [1.29, 1.82) is 0 Å². The molecule has 0 spiro atoms. The van der Waals surface area contributed by atoms with Gasteiger partial charge in [0.05, 0.1) is 36.0 Å². The van der Waals surface area contributed by atoms with Gasteiger partial charge in [-0.25, -0.2) is 9.59 Å². The van der Waals surface area contributed by atoms with Crippen LogP contribution in [0.15, 0.2) is 72.8 Å². The first-order chi connectivity index (χ1) is 20.9. The zero-order valence-corrected chi connectivity index (χ0v) is 24.4. The number of carbonyl (C=O) groups is 3. The number of benzene rings is 3. The molecule has 3 atom stereocenters. The van der Waals surface area contributed by atoms with Gasteiger partial charge in [-0.1, -0.05) is 31.2 Å². The lowest BCUT2D eigenvalue weighted by Gasteiger charge is -2.38. The van der Waals surface area contributed by atoms with Crippen molar-refractivity contribution in [3.05, 3.63) is 83.9 Å². The number of fused-ring (bicyclic) bond motifs is 1. The van der Waals surface area contributed by atoms with Gasteiger partial charge in [0.2, 0.25) is 0 Å². The molecule has 5 amide bonds. The number of likely N-dealkylation sites (N-methyl/N-ethyl adjacent to an activating group) is 1. The fourth-order valence-electron chi connectivity index (χ4n) is 4.68. The fraction of sp³-hybridized carbons (Fsp3) is 0.323. The maximum atomic E-state index is 13.7. The van der Waals surface area contributed by atoms with Crippen LogP contribution in [0.2, 0.25) is 0 Å². The number of carbonyl (C=O) groups excluding carboxylic acids is 3. The van der Waals surface area contributed by atoms with Crippen LogP contribution in [0.3, 0.4) is 0 Å². The third kappa shape index (κ3) is 7.78. The Balaban J connectivity index is 1.60. The number of rotatable bonds is 7. The number of nitrogens with one attached hydrogen (secondary N) is 3. The van der Waals surface area contributed by atoms with Crippen molar-refractivity contribution in [2.45, 2.75) is 32.2 Å². The number of amides is 5. The summed E-state index contributed by atoms with van der Waals surface area (Å²) in [5.74, 6) is -0.681. The molecule has 10 nitrogen and oxygen atoms in total. The number of aliphatic hydroxyl groups is 1. The highest BCUT2D eigenvalue weighted by atomic mass is 19.4. The van der Waals surface area contributed by atoms with E-state index in [9.17, 15) is 32.7 Å². The number of anilines is 3. The lowest BCUT2D eigenvalue weighted by Crippen LogP contribution is -2.50. The highest BCUT2D eigenvalue weighted by molar-refractivity contribution is 6.04. The Morgan fingerprint density at radius 1 is 1.00 bits per heavy atom. The minimum Gasteiger partial charge on any atom is -0.485 e. The third-order valence-electron chi connectivity index (χ3n) is 7.24. The summed E-state index contributed by atoms with van der Waals surface area (Å²) in [5.41, 5.74) is 0.134. The Morgan fingerprint density at radius 2 is 1.66 bits per heavy atom. The molecule has 0 unspecified atom stereocenters. The number of ether oxygens (including phenoxy) is 1. The summed E-state index contributed by atoms with van der Waals surface area (Å²) in [5, 5.41) is 17.8. The van der Waals surface area contributed by atoms with Gasteiger partial charge in [-0.3, -0.25) is 4.79 Å². The number of hydrogen-bond donors (Lipinski definition) is 4. The van der Waals surface area contributed by atoms with E-state index in [1.807, 2.05) is 13.0 Å². The zero-order valence-electron chi connectivity index (χ0n) is 24.4. The molecular formula is C31H34F3N5O5. The molecular weight excluding hydrogens is 579 g/mol. The SMILES string of the molecule is C[C@@H]1CN([C@@H](C)CO)C(=O)c2cccc(NC(=O)Nc3ccc(C(F)(F)F)cc3)c2O[C@@H]1CN(C)C(=O)Nc1ccccc1. The normalized spacial score (nSPS) is 17.3. The molecule has 3 aromatic carbocycles. The lowest BCUT2D eigenvalue weighted by atomic mass is 9.99. The summed E-state index contributed by atoms with van der Waals surface area (Å²) >= 11 is 0. The summed E-state index contributed by atoms with van der Waals surface area (Å²) in [7, 11) is 1.61. The van der Waals surface area contributed by atoms with Crippen LogP contribution in [0.25, 0.3) is 0 Å². The molecule has 0 bridgehead atoms. The Kier molecular flexibility index (Phi) is 9.99. The van der Waals surface area contributed by atoms with Gasteiger partial charge in [-0.2, -0.15) is 13.2 Å². The zero-order chi connectivity index (χ0) is 32.0. The number of para-hydroxylation sites is 2. The Bertz CT molecular complexity index is 1470. The van der Waals surface area contributed by atoms with E-state index in [1.165, 1.54) is 21.9 Å². The molecule has 0 radical (unpaired) electrons. The van der Waals surface area contributed by atoms with E-state index >= 15 is 0 Å². The van der Waals surface area contributed by atoms with Crippen molar-refractivity contribution >= 4 is 35.0 Å². The Hall–Kier alpha value is -4.78. The molecule has 0 aromatic heterocycles. The van der Waals surface area contributed by atoms with E-state index in [1.54, 1.807) is 44.3 Å². The number of nitrogens with zero attached hydrogens (tertiary/aromatic N) is 2. The minimum atomic E-state index is -4.52. The van der Waals surface area contributed by atoms with Crippen molar-refractivity contribution in [3.8, 4) is 5.75 Å². The summed E-state index contributed by atoms with van der Waals surface area (Å²) in [4.78, 5) is 42.5. The minimum absolute atomic E-state index is 0.0589. The molecule has 4 rings (SSSR count). The number of urea groups is 2. The highest BCUT2D eigenvalue weighted by Gasteiger charge is 2.35. The summed E-state index contributed by atoms with van der Waals surface area (Å²) in [6, 6.07) is 15.8. The maximum absolute atomic E-state index is 13.7. The van der Waals surface area contributed by atoms with Crippen LogP contribution < -0.4 is 20.7 Å². The predicted molar refractivity (Wildman–Crippen MR) is 160 cm³/mol. The van der Waals surface area contributed by atoms with Crippen molar-refractivity contribution in [2.24, 2.45) is 5.92 Å². The number of aliphatic hydroxyl groups excluding tert-OH is 1. The van der Waals surface area contributed by atoms with Crippen LogP contribution in [0, 0.1) is 5.92 Å². The standard InChI is InChI=1S/C31H34F3N5O5/c1-19-16-39(20(2)18-40)28(41)24-10-7-11-25(37-29(42)35-23-14-12-21(13-15-23)31(32,33)34)27(24)44-26(19)17-38(3)30(43)36-22-8-5-4-6-9-22/h4-15,19-20,26,40H,16-18H2,1-3H3,(H,36,43)(H2,35,37,42)/t19-,20+,26-/m1/s1. The number of alkyl halides is 3. The first-order valence-corrected chi connectivity index (χ1v) is 13.9. The fourth-order valence-corrected chi connectivity index (χ4v) is 4.68. The van der Waals surface area contributed by atoms with Gasteiger partial charge in [0, 0.05) is 30.9 Å². The second-order valence-electron chi connectivity index (χ2n) is 10.6. The molecule has 44 heavy (non-hydrogen) atoms. The Morgan fingerprint density at radius 3 is 2.30 bits per heavy atom. The average molecular weight is 614 g/mol. The van der Waals surface area contributed by atoms with Crippen LogP contribution in [0.1, 0.15) is 29.8 Å². The largest absolute Gasteiger partial charge is 0.485 e. The molecule has 3 aromatic rings. The maximum Gasteiger partial charge on any atom is 0.416 e. The molecule has 1 aliphatic heterocycles. The molecule has 4 N–H and O–H groups in total. The second kappa shape index (κ2) is 13.7. The number of halogens is 3. The van der Waals surface area contributed by atoms with Crippen molar-refractivity contribution < 1.29 is 37.4 Å². The van der Waals surface area contributed by atoms with Crippen LogP contribution in [0.5, 0.6) is 5.75 Å². The predicted octanol–water partition coefficient (Wildman–Crippen LogP) is 5.73. The summed E-state index contributed by atoms with van der Waals surface area (Å²) in [6.45, 7) is 3.62. The topological polar surface area (TPSA) is 123 Å². The van der Waals surface area contributed by atoms with Gasteiger partial charge in [0.15, 0.2) is 5.75 Å². The van der Waals surface area contributed by atoms with Crippen molar-refractivity contribution in [3.63, 3.8) is 0 Å². The van der Waals surface area contributed by atoms with Gasteiger partial charge >= 0.3 is 18.2 Å². The first kappa shape index (κ1) is 32.1. The van der Waals surface area contributed by atoms with Crippen LogP contribution in [-0.4, -0.2) is 71.8 Å². The van der Waals surface area contributed by atoms with E-state index < -0.39 is 35.8 Å². The summed E-state index contributed by atoms with van der Waals surface area (Å²) in [6.07, 6.45) is -5.17. The van der Waals surface area contributed by atoms with Gasteiger partial charge in [0.25, 0.3) is 5.91 Å². The lowest BCUT2D eigenvalue weighted by molar-refractivity contribution is -0.137. The monoisotopic (exact) mass is 613 g/mol. The highest BCUT2D eigenvalue weighted by Crippen LogP contribution is 2.35. The Labute approximate surface area is 252 Å². The molecule has 1 aliphatic rings. The van der Waals surface area contributed by atoms with E-state index in [0.717, 1.165) is 24.3 Å². The van der Waals surface area contributed by atoms with Crippen LogP contribution in [-0.2, 0) is 6.18 Å². The van der Waals surface area contributed by atoms with E-state index in [4.69, 9.17) is 4.74 Å². The number of hydrogen-bond acceptors (Lipinski definition) is 5. The van der Waals surface area contributed by atoms with Crippen LogP contribution >= 0.6 is 0 Å². The molecule has 0 aliphatic carbocycles. The molecule has 0 fully saturated rings. The molecule has 0 saturated heterocycles. The smallest absolute Gasteiger partial charge is 0.416 e. The van der Waals surface area contributed by atoms with Gasteiger partial charge in [-0.05, 0) is 55.5 Å². The van der Waals surface area contributed by atoms with Gasteiger partial charge < -0.3 is 35.6 Å². The van der Waals surface area contributed by atoms with Crippen LogP contribution in [0.4, 0.5) is 39.8 Å². The van der Waals surface area contributed by atoms with E-state index in [-0.39, 0.29) is 54.3 Å². The first-order valence-electron chi connectivity index (χ1n) is 13.9. The molecule has 1 heterocycles. The van der Waals surface area contributed by atoms with E-state index in [0.29, 0.717) is 5.69 Å². The average Bonchev–Trinajstić information content (AvgIpc) is 2.99. The third-order valence-corrected chi connectivity index (χ3v) is 7.24. The van der Waals surface area contributed by atoms with Crippen molar-refractivity contribution in [1.82, 2.24) is 9.80 Å². The second-order valence-corrected chi connectivity index (χ2v) is 10.6. The molecule has 0 saturated carbocycles. The quantitative estimate of drug-likeness (QED) is 0.271. The van der Waals surface area contributed by atoms with Crippen molar-refractivity contribution in [2.75, 3.05) is 42.7 Å². The van der Waals surface area contributed by atoms with Gasteiger partial charge in [0.1, 0.15) is 6.10 Å². The molecule has 13 heteroatoms. The summed E-state index contributed by atoms with van der Waals surface area (Å²) < 4.78 is 45.2.